The number of rotatable bonds is 31. The quantitative estimate of drug-likeness (QED) is 0.0322. The molecule has 4 aromatic rings. The first-order chi connectivity index (χ1) is 36.3. The molecule has 3 N–H and O–H groups in total. The molecule has 2 unspecified atom stereocenters. The summed E-state index contributed by atoms with van der Waals surface area (Å²) in [6, 6.07) is 14.1. The number of carbonyl (C=O) groups is 2. The fourth-order valence-corrected chi connectivity index (χ4v) is 12.7. The first kappa shape index (κ1) is 61.7. The third-order valence-corrected chi connectivity index (χ3v) is 17.4. The number of unbranched alkanes of at least 4 members (excludes halogenated alkanes) is 2. The largest absolute Gasteiger partial charge is 0.379 e. The number of nitrogens with zero attached hydrogens (tertiary/aromatic N) is 2. The van der Waals surface area contributed by atoms with Crippen LogP contribution in [0.5, 0.6) is 0 Å². The van der Waals surface area contributed by atoms with Crippen LogP contribution in [-0.2, 0) is 56.7 Å². The minimum Gasteiger partial charge on any atom is -0.379 e. The van der Waals surface area contributed by atoms with Gasteiger partial charge in [0, 0.05) is 104 Å². The lowest BCUT2D eigenvalue weighted by molar-refractivity contribution is -0.119. The molecule has 4 aromatic carbocycles. The second kappa shape index (κ2) is 30.2. The minimum absolute atomic E-state index is 0.000169. The standard InChI is InChI=1S/C53H67Cl4F2N5O10S2/c1-63-32-45(41-26-36(54)28-49(56)47(41)34-63)43-30-39(10-12-51(43)58)75(67,68)25-7-18-72-22-23-73-19-15-61-53(66)60-14-5-3-4-8-38(65)9-6-17-71-21-24-74-20-16-62-76(69,70)40-11-13-52(59)44(31-40)46-33-64(2)35-48-42(46)27-37(55)29-50(48)57/h10-13,26-31,45-46,62H,3-9,14-25,32-35H2,1-2H3,(H2,60,61,66). The predicted molar refractivity (Wildman–Crippen MR) is 291 cm³/mol. The molecule has 6 rings (SSSR count). The number of sulfone groups is 1. The molecule has 0 saturated carbocycles. The molecule has 23 heteroatoms. The highest BCUT2D eigenvalue weighted by Gasteiger charge is 2.32. The van der Waals surface area contributed by atoms with Crippen molar-refractivity contribution >= 4 is 78.1 Å². The Morgan fingerprint density at radius 2 is 1.05 bits per heavy atom. The van der Waals surface area contributed by atoms with E-state index in [0.717, 1.165) is 41.2 Å². The van der Waals surface area contributed by atoms with Gasteiger partial charge in [-0.05, 0) is 134 Å². The minimum atomic E-state index is -3.97. The molecule has 0 aromatic heterocycles. The molecule has 76 heavy (non-hydrogen) atoms. The number of urea groups is 1. The summed E-state index contributed by atoms with van der Waals surface area (Å²) in [6.45, 7) is 4.74. The maximum Gasteiger partial charge on any atom is 0.314 e. The highest BCUT2D eigenvalue weighted by Crippen LogP contribution is 2.41. The number of ether oxygens (including phenoxy) is 4. The van der Waals surface area contributed by atoms with Crippen LogP contribution < -0.4 is 15.4 Å². The van der Waals surface area contributed by atoms with Gasteiger partial charge in [0.05, 0.1) is 55.2 Å². The molecule has 2 aliphatic heterocycles. The van der Waals surface area contributed by atoms with Gasteiger partial charge in [-0.3, -0.25) is 4.79 Å². The monoisotopic (exact) mass is 1180 g/mol. The van der Waals surface area contributed by atoms with Crippen molar-refractivity contribution in [3.63, 3.8) is 0 Å². The maximum absolute atomic E-state index is 15.2. The van der Waals surface area contributed by atoms with Gasteiger partial charge in [-0.15, -0.1) is 0 Å². The summed E-state index contributed by atoms with van der Waals surface area (Å²) in [4.78, 5) is 28.4. The molecule has 0 spiro atoms. The van der Waals surface area contributed by atoms with Crippen LogP contribution in [0, 0.1) is 11.6 Å². The van der Waals surface area contributed by atoms with Crippen LogP contribution in [-0.4, -0.2) is 144 Å². The van der Waals surface area contributed by atoms with E-state index >= 15 is 8.78 Å². The molecule has 0 aliphatic carbocycles. The lowest BCUT2D eigenvalue weighted by atomic mass is 9.84. The van der Waals surface area contributed by atoms with E-state index in [1.54, 1.807) is 24.3 Å². The first-order valence-electron chi connectivity index (χ1n) is 25.3. The number of hydrogen-bond acceptors (Lipinski definition) is 12. The summed E-state index contributed by atoms with van der Waals surface area (Å²) >= 11 is 25.5. The van der Waals surface area contributed by atoms with E-state index in [9.17, 15) is 26.4 Å². The van der Waals surface area contributed by atoms with Crippen LogP contribution in [0.15, 0.2) is 70.5 Å². The number of Topliss-reactive ketones (excluding diaryl/α,β-unsaturated/α-hetero) is 1. The molecule has 0 fully saturated rings. The summed E-state index contributed by atoms with van der Waals surface area (Å²) in [5, 5.41) is 7.32. The normalized spacial score (nSPS) is 16.1. The van der Waals surface area contributed by atoms with E-state index in [1.165, 1.54) is 30.3 Å². The van der Waals surface area contributed by atoms with Crippen molar-refractivity contribution in [1.82, 2.24) is 25.2 Å². The van der Waals surface area contributed by atoms with E-state index in [2.05, 4.69) is 15.4 Å². The number of ketones is 1. The van der Waals surface area contributed by atoms with Crippen LogP contribution in [0.2, 0.25) is 20.1 Å². The van der Waals surface area contributed by atoms with Crippen LogP contribution in [0.3, 0.4) is 0 Å². The Morgan fingerprint density at radius 3 is 1.63 bits per heavy atom. The molecule has 0 bridgehead atoms. The molecule has 0 saturated heterocycles. The number of carbonyl (C=O) groups excluding carboxylic acids is 2. The summed E-state index contributed by atoms with van der Waals surface area (Å²) < 4.78 is 108. The summed E-state index contributed by atoms with van der Waals surface area (Å²) in [5.74, 6) is -1.99. The summed E-state index contributed by atoms with van der Waals surface area (Å²) in [7, 11) is -3.91. The van der Waals surface area contributed by atoms with E-state index in [0.29, 0.717) is 85.1 Å². The second-order valence-corrected chi connectivity index (χ2v) is 24.5. The number of nitrogens with one attached hydrogen (secondary N) is 3. The van der Waals surface area contributed by atoms with Crippen molar-refractivity contribution in [2.24, 2.45) is 0 Å². The first-order valence-corrected chi connectivity index (χ1v) is 30.0. The third-order valence-electron chi connectivity index (χ3n) is 13.0. The number of sulfonamides is 1. The Morgan fingerprint density at radius 1 is 0.566 bits per heavy atom. The highest BCUT2D eigenvalue weighted by atomic mass is 35.5. The van der Waals surface area contributed by atoms with E-state index in [-0.39, 0.29) is 104 Å². The van der Waals surface area contributed by atoms with Crippen LogP contribution in [0.4, 0.5) is 13.6 Å². The number of fused-ring (bicyclic) bond motifs is 2. The van der Waals surface area contributed by atoms with Gasteiger partial charge in [0.1, 0.15) is 17.4 Å². The van der Waals surface area contributed by atoms with Crippen LogP contribution >= 0.6 is 46.4 Å². The maximum atomic E-state index is 15.2. The predicted octanol–water partition coefficient (Wildman–Crippen LogP) is 9.15. The molecule has 2 heterocycles. The van der Waals surface area contributed by atoms with Crippen molar-refractivity contribution in [2.75, 3.05) is 105 Å². The molecule has 418 valence electrons. The smallest absolute Gasteiger partial charge is 0.314 e. The highest BCUT2D eigenvalue weighted by molar-refractivity contribution is 7.91. The summed E-state index contributed by atoms with van der Waals surface area (Å²) in [5.41, 5.74) is 3.73. The van der Waals surface area contributed by atoms with Crippen molar-refractivity contribution < 1.29 is 54.2 Å². The molecule has 15 nitrogen and oxygen atoms in total. The van der Waals surface area contributed by atoms with Crippen molar-refractivity contribution in [2.45, 2.75) is 79.7 Å². The molecule has 2 amide bonds. The zero-order valence-electron chi connectivity index (χ0n) is 42.8. The van der Waals surface area contributed by atoms with Crippen molar-refractivity contribution in [3.8, 4) is 0 Å². The topological polar surface area (TPSA) is 182 Å². The SMILES string of the molecule is CN1Cc2c(Cl)cc(Cl)cc2C(c2cc(S(=O)(=O)CCCOCCOCCNC(=O)NCCCCCC(=O)CCCOCCOCCNS(=O)(=O)c3ccc(F)c(C4CN(C)Cc5c(Cl)cc(Cl)cc54)c3)ccc2F)C1. The molecular formula is C53H67Cl4F2N5O10S2. The molecular weight excluding hydrogens is 1110 g/mol. The zero-order chi connectivity index (χ0) is 54.8. The fourth-order valence-electron chi connectivity index (χ4n) is 9.23. The second-order valence-electron chi connectivity index (χ2n) is 18.9. The lowest BCUT2D eigenvalue weighted by Crippen LogP contribution is -2.37. The van der Waals surface area contributed by atoms with Gasteiger partial charge < -0.3 is 39.4 Å². The average Bonchev–Trinajstić information content (AvgIpc) is 3.38. The van der Waals surface area contributed by atoms with E-state index in [4.69, 9.17) is 65.4 Å². The van der Waals surface area contributed by atoms with E-state index in [1.807, 2.05) is 23.9 Å². The van der Waals surface area contributed by atoms with Gasteiger partial charge in [0.15, 0.2) is 9.84 Å². The van der Waals surface area contributed by atoms with Gasteiger partial charge in [-0.2, -0.15) is 0 Å². The Kier molecular flexibility index (Phi) is 24.5. The van der Waals surface area contributed by atoms with E-state index < -0.39 is 43.3 Å². The van der Waals surface area contributed by atoms with Gasteiger partial charge in [-0.25, -0.2) is 35.1 Å². The number of benzene rings is 4. The van der Waals surface area contributed by atoms with Crippen molar-refractivity contribution in [1.29, 1.82) is 0 Å². The van der Waals surface area contributed by atoms with Crippen molar-refractivity contribution in [3.05, 3.63) is 126 Å². The molecule has 2 aliphatic rings. The van der Waals surface area contributed by atoms with Gasteiger partial charge in [0.2, 0.25) is 10.0 Å². The van der Waals surface area contributed by atoms with Crippen LogP contribution in [0.25, 0.3) is 0 Å². The Bertz CT molecular complexity index is 2650. The lowest BCUT2D eigenvalue weighted by Gasteiger charge is -2.33. The Hall–Kier alpha value is -3.54. The zero-order valence-corrected chi connectivity index (χ0v) is 47.4. The fraction of sp³-hybridized carbons (Fsp3) is 0.509. The average molecular weight is 1180 g/mol. The molecule has 0 radical (unpaired) electrons. The van der Waals surface area contributed by atoms with Gasteiger partial charge in [0.25, 0.3) is 0 Å². The molecule has 2 atom stereocenters. The van der Waals surface area contributed by atoms with Crippen LogP contribution in [0.1, 0.15) is 90.2 Å². The van der Waals surface area contributed by atoms with Gasteiger partial charge >= 0.3 is 6.03 Å². The number of likely N-dealkylation sites (N-methyl/N-ethyl adjacent to an activating group) is 2. The number of hydrogen-bond donors (Lipinski definition) is 3. The Labute approximate surface area is 465 Å². The third kappa shape index (κ3) is 18.5. The summed E-state index contributed by atoms with van der Waals surface area (Å²) in [6.07, 6.45) is 3.85. The van der Waals surface area contributed by atoms with Gasteiger partial charge in [-0.1, -0.05) is 52.8 Å². The Balaban J connectivity index is 0.719. The number of amides is 2. The number of halogens is 6.